The molecule has 9 aromatic rings. The Morgan fingerprint density at radius 1 is 0.402 bits per heavy atom. The van der Waals surface area contributed by atoms with Crippen LogP contribution in [-0.4, -0.2) is 182 Å². The summed E-state index contributed by atoms with van der Waals surface area (Å²) in [5, 5.41) is 45.3. The van der Waals surface area contributed by atoms with E-state index in [1.165, 1.54) is 20.1 Å². The van der Waals surface area contributed by atoms with E-state index in [4.69, 9.17) is 122 Å². The predicted octanol–water partition coefficient (Wildman–Crippen LogP) is 17.6. The number of carboxylic acids is 5. The number of thiocarbonyl (C=S) groups is 5. The molecule has 5 saturated heterocycles. The van der Waals surface area contributed by atoms with Crippen LogP contribution in [0.3, 0.4) is 0 Å². The van der Waals surface area contributed by atoms with Crippen LogP contribution in [0.15, 0.2) is 237 Å². The van der Waals surface area contributed by atoms with Gasteiger partial charge in [-0.3, -0.25) is 67.7 Å². The highest BCUT2D eigenvalue weighted by atomic mass is 35.5. The van der Waals surface area contributed by atoms with Gasteiger partial charge in [0, 0.05) is 16.1 Å². The zero-order valence-corrected chi connectivity index (χ0v) is 78.6. The molecule has 39 heteroatoms. The molecule has 14 rings (SSSR count). The molecule has 132 heavy (non-hydrogen) atoms. The van der Waals surface area contributed by atoms with Gasteiger partial charge in [-0.05, 0) is 177 Å². The SMILES string of the molecule is COc1cc(/C=C2\SC(=S)N(CC(=O)O)C2=O)ccc1OC(=O)c1cccc(C)c1.Cc1ccc(/C=C2\SC(=S)N(C(C)C(=O)O)C2=O)cc1.Cc1ccc(OCc2ccc(Cl)cc2)c(/C=C2\SC(=S)N(CC(=O)O)C2=O)c1.O=C(O)CN1C(=O)/C(=C/c2cccc(OC(=O)c3ccccc3)c2)SC1=S.O=C(O)CN1C(=O)/C(=C/c2cccc(OCc3ccccc3F)c2)SC1=S. The van der Waals surface area contributed by atoms with Gasteiger partial charge >= 0.3 is 41.8 Å². The van der Waals surface area contributed by atoms with Crippen LogP contribution in [0.1, 0.15) is 83.3 Å². The molecule has 0 bridgehead atoms. The average Bonchev–Trinajstić information content (AvgIpc) is 1.52. The maximum absolute atomic E-state index is 13.7. The maximum Gasteiger partial charge on any atom is 0.343 e. The van der Waals surface area contributed by atoms with E-state index in [1.807, 2.05) is 81.4 Å². The topological polar surface area (TPSA) is 368 Å². The molecular formula is C93H73ClFN5O22S10. The molecule has 0 aromatic heterocycles. The van der Waals surface area contributed by atoms with E-state index >= 15 is 0 Å². The molecule has 1 unspecified atom stereocenters. The fourth-order valence-corrected chi connectivity index (χ4v) is 18.3. The van der Waals surface area contributed by atoms with Crippen molar-refractivity contribution in [3.05, 3.63) is 314 Å². The van der Waals surface area contributed by atoms with Gasteiger partial charge in [0.25, 0.3) is 29.5 Å². The molecule has 5 fully saturated rings. The zero-order valence-electron chi connectivity index (χ0n) is 69.7. The van der Waals surface area contributed by atoms with Gasteiger partial charge in [0.1, 0.15) is 90.1 Å². The Hall–Kier alpha value is -12.9. The lowest BCUT2D eigenvalue weighted by Gasteiger charge is -2.18. The number of thioether (sulfide) groups is 5. The Kier molecular flexibility index (Phi) is 36.7. The van der Waals surface area contributed by atoms with Crippen molar-refractivity contribution in [1.29, 1.82) is 0 Å². The summed E-state index contributed by atoms with van der Waals surface area (Å²) in [6.07, 6.45) is 8.20. The van der Waals surface area contributed by atoms with E-state index in [0.29, 0.717) is 92.5 Å². The first kappa shape index (κ1) is 101. The van der Waals surface area contributed by atoms with Gasteiger partial charge in [-0.2, -0.15) is 0 Å². The minimum atomic E-state index is -1.14. The van der Waals surface area contributed by atoms with Gasteiger partial charge in [-0.25, -0.2) is 18.8 Å². The van der Waals surface area contributed by atoms with E-state index in [1.54, 1.807) is 176 Å². The molecule has 0 radical (unpaired) electrons. The number of amides is 5. The number of carbonyl (C=O) groups is 12. The van der Waals surface area contributed by atoms with E-state index in [2.05, 4.69) is 0 Å². The summed E-state index contributed by atoms with van der Waals surface area (Å²) >= 11 is 36.7. The van der Waals surface area contributed by atoms with Crippen LogP contribution in [-0.2, 0) is 61.2 Å². The monoisotopic (exact) mass is 1990 g/mol. The van der Waals surface area contributed by atoms with Gasteiger partial charge in [-0.1, -0.05) is 270 Å². The zero-order chi connectivity index (χ0) is 95.7. The largest absolute Gasteiger partial charge is 0.493 e. The molecule has 5 aliphatic heterocycles. The number of esters is 2. The number of benzene rings is 9. The van der Waals surface area contributed by atoms with Crippen LogP contribution in [0.2, 0.25) is 5.02 Å². The highest BCUT2D eigenvalue weighted by Gasteiger charge is 2.40. The number of carbonyl (C=O) groups excluding carboxylic acids is 7. The summed E-state index contributed by atoms with van der Waals surface area (Å²) < 4.78 is 42.4. The van der Waals surface area contributed by atoms with E-state index in [0.717, 1.165) is 117 Å². The molecule has 5 aliphatic rings. The number of nitrogens with zero attached hydrogens (tertiary/aromatic N) is 5. The lowest BCUT2D eigenvalue weighted by Crippen LogP contribution is -2.41. The molecule has 5 amide bonds. The average molecular weight is 1990 g/mol. The minimum absolute atomic E-state index is 0.0802. The second-order valence-electron chi connectivity index (χ2n) is 28.0. The normalized spacial score (nSPS) is 15.8. The highest BCUT2D eigenvalue weighted by Crippen LogP contribution is 2.40. The summed E-state index contributed by atoms with van der Waals surface area (Å²) in [6, 6.07) is 60.3. The number of halogens is 2. The Labute approximate surface area is 807 Å². The van der Waals surface area contributed by atoms with Gasteiger partial charge < -0.3 is 49.2 Å². The van der Waals surface area contributed by atoms with Gasteiger partial charge in [0.2, 0.25) is 0 Å². The summed E-state index contributed by atoms with van der Waals surface area (Å²) in [5.41, 5.74) is 8.87. The van der Waals surface area contributed by atoms with Crippen molar-refractivity contribution in [1.82, 2.24) is 24.5 Å². The van der Waals surface area contributed by atoms with Gasteiger partial charge in [0.05, 0.1) is 42.8 Å². The molecule has 5 heterocycles. The number of aliphatic carboxylic acids is 5. The third-order valence-corrected chi connectivity index (χ3v) is 25.3. The third-order valence-electron chi connectivity index (χ3n) is 18.2. The molecule has 0 spiro atoms. The van der Waals surface area contributed by atoms with Crippen molar-refractivity contribution in [2.75, 3.05) is 33.3 Å². The van der Waals surface area contributed by atoms with Crippen LogP contribution in [0, 0.1) is 26.6 Å². The van der Waals surface area contributed by atoms with E-state index < -0.39 is 97.6 Å². The van der Waals surface area contributed by atoms with Crippen molar-refractivity contribution in [2.45, 2.75) is 47.0 Å². The predicted molar refractivity (Wildman–Crippen MR) is 524 cm³/mol. The van der Waals surface area contributed by atoms with Crippen molar-refractivity contribution in [3.8, 4) is 28.7 Å². The van der Waals surface area contributed by atoms with Gasteiger partial charge in [-0.15, -0.1) is 0 Å². The summed E-state index contributed by atoms with van der Waals surface area (Å²) in [4.78, 5) is 148. The number of hydrogen-bond acceptors (Lipinski definition) is 27. The molecule has 1 atom stereocenters. The van der Waals surface area contributed by atoms with Crippen LogP contribution >= 0.6 is 131 Å². The standard InChI is InChI=1S/C21H17NO6S2.C20H16ClNO4S2.C19H14FNO4S2.C19H13NO5S2.C14H13NO3S2/c1-12-4-3-5-14(8-12)20(26)28-15-7-6-13(9-16(15)27-2)10-17-19(25)22(11-18(23)24)21(29)30-17;1-12-2-7-16(26-11-13-3-5-15(21)6-4-13)14(8-12)9-17-19(25)22(10-18(23)24)20(27)28-17;20-15-7-2-1-5-13(15)11-25-14-6-3-4-12(8-14)9-16-18(24)21(10-17(22)23)19(26)27-16;21-16(22)11-20-17(23)15(27-19(20)26)10-12-5-4-8-14(9-12)25-18(24)13-6-2-1-3-7-13;1-8-3-5-10(6-4-8)7-11-12(16)15(14(19)20-11)9(2)13(17)18/h3-10H,11H2,1-2H3,(H,23,24);2-9H,10-11H2,1H3,(H,23,24);1-9H,10-11H2,(H,22,23);1-10H,11H2,(H,21,22);3-7,9H,1-2H3,(H,17,18)/b17-10-;17-9-;16-9-;15-10-;11-7-. The number of carboxylic acid groups (broad SMARTS) is 5. The smallest absolute Gasteiger partial charge is 0.343 e. The van der Waals surface area contributed by atoms with Crippen molar-refractivity contribution in [2.24, 2.45) is 0 Å². The number of hydrogen-bond donors (Lipinski definition) is 5. The number of rotatable bonds is 26. The van der Waals surface area contributed by atoms with Crippen LogP contribution < -0.4 is 23.7 Å². The highest BCUT2D eigenvalue weighted by molar-refractivity contribution is 8.28. The number of ether oxygens (including phenoxy) is 5. The van der Waals surface area contributed by atoms with Crippen molar-refractivity contribution >= 4 is 255 Å². The third kappa shape index (κ3) is 28.8. The number of aryl methyl sites for hydroxylation is 3. The Morgan fingerprint density at radius 2 is 0.826 bits per heavy atom. The van der Waals surface area contributed by atoms with Crippen LogP contribution in [0.25, 0.3) is 30.4 Å². The quantitative estimate of drug-likeness (QED) is 0.0145. The fourth-order valence-electron chi connectivity index (χ4n) is 11.7. The minimum Gasteiger partial charge on any atom is -0.493 e. The molecule has 27 nitrogen and oxygen atoms in total. The molecule has 0 aliphatic carbocycles. The van der Waals surface area contributed by atoms with Crippen LogP contribution in [0.4, 0.5) is 4.39 Å². The Morgan fingerprint density at radius 3 is 1.33 bits per heavy atom. The van der Waals surface area contributed by atoms with Crippen molar-refractivity contribution < 1.29 is 111 Å². The molecule has 9 aromatic carbocycles. The fraction of sp³-hybridized carbons (Fsp3) is 0.129. The van der Waals surface area contributed by atoms with E-state index in [9.17, 15) is 61.9 Å². The second-order valence-corrected chi connectivity index (χ2v) is 36.8. The summed E-state index contributed by atoms with van der Waals surface area (Å²) in [6.45, 7) is 5.80. The molecule has 0 saturated carbocycles. The van der Waals surface area contributed by atoms with Crippen LogP contribution in [0.5, 0.6) is 28.7 Å². The summed E-state index contributed by atoms with van der Waals surface area (Å²) in [5.74, 6) is -7.05. The maximum atomic E-state index is 13.7. The lowest BCUT2D eigenvalue weighted by molar-refractivity contribution is -0.144. The first-order chi connectivity index (χ1) is 62.9. The van der Waals surface area contributed by atoms with Crippen molar-refractivity contribution in [3.63, 3.8) is 0 Å². The first-order valence-corrected chi connectivity index (χ1v) is 45.1. The molecule has 676 valence electrons. The van der Waals surface area contributed by atoms with E-state index in [-0.39, 0.29) is 45.7 Å². The second kappa shape index (κ2) is 47.8. The lowest BCUT2D eigenvalue weighted by atomic mass is 10.1. The van der Waals surface area contributed by atoms with Gasteiger partial charge in [0.15, 0.2) is 11.5 Å². The molecule has 5 N–H and O–H groups in total. The first-order valence-electron chi connectivity index (χ1n) is 38.6. The molecular weight excluding hydrogens is 1910 g/mol. The Balaban J connectivity index is 0.000000172. The summed E-state index contributed by atoms with van der Waals surface area (Å²) in [7, 11) is 1.44. The number of methoxy groups -OCH3 is 1. The Bertz CT molecular complexity index is 6290.